The molecule has 0 radical (unpaired) electrons. The van der Waals surface area contributed by atoms with Crippen molar-refractivity contribution < 1.29 is 4.42 Å². The Bertz CT molecular complexity index is 424. The number of rotatable bonds is 3. The molecular weight excluding hydrogens is 326 g/mol. The van der Waals surface area contributed by atoms with Crippen LogP contribution in [0, 0.1) is 0 Å². The molecule has 0 bridgehead atoms. The monoisotopic (exact) mass is 331 g/mol. The van der Waals surface area contributed by atoms with Gasteiger partial charge < -0.3 is 9.73 Å². The Labute approximate surface area is 103 Å². The van der Waals surface area contributed by atoms with Gasteiger partial charge in [0, 0.05) is 0 Å². The van der Waals surface area contributed by atoms with Crippen LogP contribution < -0.4 is 5.32 Å². The third-order valence-electron chi connectivity index (χ3n) is 1.72. The van der Waals surface area contributed by atoms with Crippen LogP contribution in [-0.2, 0) is 6.54 Å². The van der Waals surface area contributed by atoms with E-state index >= 15 is 0 Å². The van der Waals surface area contributed by atoms with Gasteiger partial charge in [-0.05, 0) is 37.9 Å². The summed E-state index contributed by atoms with van der Waals surface area (Å²) in [6, 6.07) is 1.90. The highest BCUT2D eigenvalue weighted by molar-refractivity contribution is 9.13. The van der Waals surface area contributed by atoms with E-state index in [1.807, 2.05) is 6.07 Å². The van der Waals surface area contributed by atoms with Gasteiger partial charge in [0.25, 0.3) is 0 Å². The standard InChI is InChI=1S/C9H7Br2N3O/c10-8-1-7(15-9(8)11)4-14-6-2-12-5-13-3-6/h1-3,5,14H,4H2. The maximum Gasteiger partial charge on any atom is 0.183 e. The van der Waals surface area contributed by atoms with Crippen molar-refractivity contribution in [1.82, 2.24) is 9.97 Å². The molecule has 78 valence electrons. The minimum Gasteiger partial charge on any atom is -0.451 e. The molecule has 0 atom stereocenters. The van der Waals surface area contributed by atoms with Crippen LogP contribution in [0.1, 0.15) is 5.76 Å². The van der Waals surface area contributed by atoms with Crippen molar-refractivity contribution in [2.75, 3.05) is 5.32 Å². The molecule has 0 amide bonds. The Morgan fingerprint density at radius 2 is 2.00 bits per heavy atom. The fourth-order valence-corrected chi connectivity index (χ4v) is 1.72. The smallest absolute Gasteiger partial charge is 0.183 e. The highest BCUT2D eigenvalue weighted by Gasteiger charge is 2.05. The molecule has 0 aliphatic heterocycles. The van der Waals surface area contributed by atoms with E-state index in [1.54, 1.807) is 12.4 Å². The van der Waals surface area contributed by atoms with Crippen LogP contribution in [-0.4, -0.2) is 9.97 Å². The van der Waals surface area contributed by atoms with E-state index in [-0.39, 0.29) is 0 Å². The summed E-state index contributed by atoms with van der Waals surface area (Å²) in [4.78, 5) is 7.79. The Morgan fingerprint density at radius 3 is 2.60 bits per heavy atom. The molecule has 4 nitrogen and oxygen atoms in total. The lowest BCUT2D eigenvalue weighted by Crippen LogP contribution is -1.98. The van der Waals surface area contributed by atoms with Crippen molar-refractivity contribution in [2.24, 2.45) is 0 Å². The number of furan rings is 1. The predicted molar refractivity (Wildman–Crippen MR) is 63.5 cm³/mol. The maximum atomic E-state index is 5.40. The first-order valence-corrected chi connectivity index (χ1v) is 5.77. The zero-order valence-corrected chi connectivity index (χ0v) is 10.7. The molecule has 0 unspecified atom stereocenters. The van der Waals surface area contributed by atoms with Crippen molar-refractivity contribution in [3.63, 3.8) is 0 Å². The Morgan fingerprint density at radius 1 is 1.27 bits per heavy atom. The molecule has 2 aromatic rings. The highest BCUT2D eigenvalue weighted by Crippen LogP contribution is 2.26. The SMILES string of the molecule is Brc1cc(CNc2cncnc2)oc1Br. The molecule has 15 heavy (non-hydrogen) atoms. The molecule has 0 aliphatic rings. The number of nitrogens with zero attached hydrogens (tertiary/aromatic N) is 2. The van der Waals surface area contributed by atoms with Gasteiger partial charge in [-0.2, -0.15) is 0 Å². The van der Waals surface area contributed by atoms with Crippen LogP contribution in [0.4, 0.5) is 5.69 Å². The molecule has 0 aliphatic carbocycles. The summed E-state index contributed by atoms with van der Waals surface area (Å²) < 4.78 is 7.01. The average Bonchev–Trinajstić information content (AvgIpc) is 2.57. The normalized spacial score (nSPS) is 10.3. The fourth-order valence-electron chi connectivity index (χ4n) is 1.06. The van der Waals surface area contributed by atoms with Gasteiger partial charge in [0.15, 0.2) is 4.67 Å². The molecular formula is C9H7Br2N3O. The van der Waals surface area contributed by atoms with E-state index in [4.69, 9.17) is 4.42 Å². The third kappa shape index (κ3) is 2.79. The van der Waals surface area contributed by atoms with Gasteiger partial charge in [-0.15, -0.1) is 0 Å². The van der Waals surface area contributed by atoms with Crippen molar-refractivity contribution in [1.29, 1.82) is 0 Å². The van der Waals surface area contributed by atoms with Gasteiger partial charge in [0.1, 0.15) is 12.1 Å². The van der Waals surface area contributed by atoms with E-state index < -0.39 is 0 Å². The summed E-state index contributed by atoms with van der Waals surface area (Å²) in [6.07, 6.45) is 4.91. The fraction of sp³-hybridized carbons (Fsp3) is 0.111. The number of nitrogens with one attached hydrogen (secondary N) is 1. The molecule has 1 N–H and O–H groups in total. The van der Waals surface area contributed by atoms with E-state index in [0.717, 1.165) is 15.9 Å². The van der Waals surface area contributed by atoms with Crippen LogP contribution in [0.5, 0.6) is 0 Å². The summed E-state index contributed by atoms with van der Waals surface area (Å²) in [5, 5.41) is 3.14. The van der Waals surface area contributed by atoms with Crippen molar-refractivity contribution in [2.45, 2.75) is 6.54 Å². The van der Waals surface area contributed by atoms with Crippen molar-refractivity contribution >= 4 is 37.5 Å². The second-order valence-corrected chi connectivity index (χ2v) is 4.39. The number of anilines is 1. The molecule has 2 heterocycles. The van der Waals surface area contributed by atoms with Gasteiger partial charge >= 0.3 is 0 Å². The van der Waals surface area contributed by atoms with Crippen LogP contribution in [0.25, 0.3) is 0 Å². The van der Waals surface area contributed by atoms with Crippen molar-refractivity contribution in [3.8, 4) is 0 Å². The third-order valence-corrected chi connectivity index (χ3v) is 3.43. The predicted octanol–water partition coefficient (Wildman–Crippen LogP) is 3.21. The minimum atomic E-state index is 0.595. The van der Waals surface area contributed by atoms with Gasteiger partial charge in [-0.1, -0.05) is 0 Å². The summed E-state index contributed by atoms with van der Waals surface area (Å²) in [5.41, 5.74) is 0.862. The van der Waals surface area contributed by atoms with E-state index in [9.17, 15) is 0 Å². The second-order valence-electron chi connectivity index (χ2n) is 2.82. The molecule has 2 rings (SSSR count). The van der Waals surface area contributed by atoms with Gasteiger partial charge in [-0.3, -0.25) is 0 Å². The lowest BCUT2D eigenvalue weighted by atomic mass is 10.4. The summed E-state index contributed by atoms with van der Waals surface area (Å²) in [6.45, 7) is 0.595. The van der Waals surface area contributed by atoms with Crippen molar-refractivity contribution in [3.05, 3.63) is 39.7 Å². The topological polar surface area (TPSA) is 51.0 Å². The van der Waals surface area contributed by atoms with Gasteiger partial charge in [0.2, 0.25) is 0 Å². The van der Waals surface area contributed by atoms with Gasteiger partial charge in [0.05, 0.1) is 29.1 Å². The molecule has 2 aromatic heterocycles. The summed E-state index contributed by atoms with van der Waals surface area (Å²) >= 11 is 6.63. The van der Waals surface area contributed by atoms with Crippen LogP contribution in [0.3, 0.4) is 0 Å². The van der Waals surface area contributed by atoms with E-state index in [1.165, 1.54) is 6.33 Å². The maximum absolute atomic E-state index is 5.40. The summed E-state index contributed by atoms with van der Waals surface area (Å²) in [7, 11) is 0. The average molecular weight is 333 g/mol. The van der Waals surface area contributed by atoms with Crippen LogP contribution in [0.2, 0.25) is 0 Å². The number of hydrogen-bond acceptors (Lipinski definition) is 4. The molecule has 0 spiro atoms. The molecule has 0 aromatic carbocycles. The van der Waals surface area contributed by atoms with E-state index in [2.05, 4.69) is 47.1 Å². The van der Waals surface area contributed by atoms with Crippen LogP contribution in [0.15, 0.2) is 38.3 Å². The first-order valence-electron chi connectivity index (χ1n) is 4.18. The zero-order valence-electron chi connectivity index (χ0n) is 7.58. The number of hydrogen-bond donors (Lipinski definition) is 1. The second kappa shape index (κ2) is 4.76. The lowest BCUT2D eigenvalue weighted by molar-refractivity contribution is 0.494. The zero-order chi connectivity index (χ0) is 10.7. The minimum absolute atomic E-state index is 0.595. The Hall–Kier alpha value is -0.880. The first kappa shape index (κ1) is 10.6. The molecule has 0 fully saturated rings. The first-order chi connectivity index (χ1) is 7.25. The van der Waals surface area contributed by atoms with Gasteiger partial charge in [-0.25, -0.2) is 9.97 Å². The molecule has 0 saturated carbocycles. The molecule has 6 heteroatoms. The van der Waals surface area contributed by atoms with E-state index in [0.29, 0.717) is 11.2 Å². The summed E-state index contributed by atoms with van der Waals surface area (Å²) in [5.74, 6) is 0.831. The Kier molecular flexibility index (Phi) is 3.37. The number of aromatic nitrogens is 2. The highest BCUT2D eigenvalue weighted by atomic mass is 79.9. The number of halogens is 2. The quantitative estimate of drug-likeness (QED) is 0.937. The lowest BCUT2D eigenvalue weighted by Gasteiger charge is -2.01. The largest absolute Gasteiger partial charge is 0.451 e. The Balaban J connectivity index is 1.99. The van der Waals surface area contributed by atoms with Crippen LogP contribution >= 0.6 is 31.9 Å². The molecule has 0 saturated heterocycles.